The number of H-pyrrole nitrogens is 1. The number of fused-ring (bicyclic) bond motifs is 1. The number of amides is 1. The highest BCUT2D eigenvalue weighted by molar-refractivity contribution is 5.79. The second-order valence-electron chi connectivity index (χ2n) is 5.13. The smallest absolute Gasteiger partial charge is 0.242 e. The van der Waals surface area contributed by atoms with E-state index in [4.69, 9.17) is 0 Å². The summed E-state index contributed by atoms with van der Waals surface area (Å²) in [6, 6.07) is 7.64. The molecule has 0 saturated heterocycles. The van der Waals surface area contributed by atoms with Crippen molar-refractivity contribution in [1.29, 1.82) is 0 Å². The maximum atomic E-state index is 12.1. The molecule has 2 aromatic heterocycles. The Morgan fingerprint density at radius 2 is 2.24 bits per heavy atom. The van der Waals surface area contributed by atoms with Crippen LogP contribution in [0.3, 0.4) is 0 Å². The van der Waals surface area contributed by atoms with E-state index in [2.05, 4.69) is 20.4 Å². The molecule has 1 aromatic carbocycles. The summed E-state index contributed by atoms with van der Waals surface area (Å²) in [5, 5.41) is 8.31. The van der Waals surface area contributed by atoms with E-state index in [0.717, 1.165) is 22.4 Å². The first kappa shape index (κ1) is 13.4. The Balaban J connectivity index is 1.66. The quantitative estimate of drug-likeness (QED) is 0.768. The van der Waals surface area contributed by atoms with Crippen LogP contribution >= 0.6 is 0 Å². The maximum Gasteiger partial charge on any atom is 0.242 e. The van der Waals surface area contributed by atoms with Crippen molar-refractivity contribution in [2.24, 2.45) is 0 Å². The van der Waals surface area contributed by atoms with E-state index in [0.29, 0.717) is 0 Å². The van der Waals surface area contributed by atoms with Gasteiger partial charge in [0.1, 0.15) is 12.4 Å². The predicted octanol–water partition coefficient (Wildman–Crippen LogP) is 1.95. The minimum Gasteiger partial charge on any atom is -0.345 e. The first-order valence-electron chi connectivity index (χ1n) is 6.85. The molecule has 0 saturated carbocycles. The number of nitrogens with one attached hydrogen (secondary N) is 2. The number of hydrogen-bond acceptors (Lipinski definition) is 3. The molecule has 1 atom stereocenters. The van der Waals surface area contributed by atoms with Crippen molar-refractivity contribution in [3.63, 3.8) is 0 Å². The lowest BCUT2D eigenvalue weighted by Gasteiger charge is -2.11. The van der Waals surface area contributed by atoms with Gasteiger partial charge in [0.05, 0.1) is 11.6 Å². The largest absolute Gasteiger partial charge is 0.345 e. The summed E-state index contributed by atoms with van der Waals surface area (Å²) in [6.45, 7) is 4.02. The third kappa shape index (κ3) is 2.94. The molecule has 6 heteroatoms. The molecule has 0 aliphatic carbocycles. The molecule has 1 amide bonds. The number of aromatic nitrogens is 4. The number of rotatable bonds is 4. The van der Waals surface area contributed by atoms with Crippen LogP contribution in [-0.4, -0.2) is 25.7 Å². The van der Waals surface area contributed by atoms with Gasteiger partial charge in [-0.2, -0.15) is 5.10 Å². The molecule has 1 unspecified atom stereocenters. The molecule has 108 valence electrons. The number of aryl methyl sites for hydroxylation is 1. The molecule has 2 N–H and O–H groups in total. The maximum absolute atomic E-state index is 12.1. The molecule has 0 aliphatic heterocycles. The van der Waals surface area contributed by atoms with Gasteiger partial charge < -0.3 is 10.3 Å². The van der Waals surface area contributed by atoms with Crippen LogP contribution in [0.25, 0.3) is 10.9 Å². The Morgan fingerprint density at radius 1 is 1.43 bits per heavy atom. The van der Waals surface area contributed by atoms with Crippen LogP contribution in [-0.2, 0) is 11.3 Å². The molecule has 21 heavy (non-hydrogen) atoms. The van der Waals surface area contributed by atoms with Gasteiger partial charge in [0, 0.05) is 23.5 Å². The molecule has 3 rings (SSSR count). The molecular weight excluding hydrogens is 266 g/mol. The van der Waals surface area contributed by atoms with E-state index in [1.807, 2.05) is 44.3 Å². The zero-order valence-electron chi connectivity index (χ0n) is 12.0. The second kappa shape index (κ2) is 5.40. The summed E-state index contributed by atoms with van der Waals surface area (Å²) in [7, 11) is 0. The van der Waals surface area contributed by atoms with E-state index in [9.17, 15) is 4.79 Å². The van der Waals surface area contributed by atoms with Gasteiger partial charge in [-0.3, -0.25) is 9.48 Å². The van der Waals surface area contributed by atoms with Crippen molar-refractivity contribution < 1.29 is 4.79 Å². The molecular formula is C15H17N5O. The number of imidazole rings is 1. The van der Waals surface area contributed by atoms with Crippen molar-refractivity contribution in [2.75, 3.05) is 0 Å². The number of carbonyl (C=O) groups is 1. The zero-order chi connectivity index (χ0) is 14.8. The fourth-order valence-electron chi connectivity index (χ4n) is 2.25. The van der Waals surface area contributed by atoms with Crippen LogP contribution in [0.15, 0.2) is 36.7 Å². The van der Waals surface area contributed by atoms with Gasteiger partial charge in [-0.25, -0.2) is 4.98 Å². The van der Waals surface area contributed by atoms with Gasteiger partial charge in [0.15, 0.2) is 0 Å². The van der Waals surface area contributed by atoms with E-state index >= 15 is 0 Å². The third-order valence-corrected chi connectivity index (χ3v) is 3.28. The molecule has 3 aromatic rings. The van der Waals surface area contributed by atoms with Gasteiger partial charge in [-0.1, -0.05) is 18.2 Å². The van der Waals surface area contributed by atoms with Gasteiger partial charge in [-0.15, -0.1) is 0 Å². The van der Waals surface area contributed by atoms with Gasteiger partial charge >= 0.3 is 0 Å². The molecule has 0 spiro atoms. The first-order valence-corrected chi connectivity index (χ1v) is 6.85. The van der Waals surface area contributed by atoms with Crippen LogP contribution in [0.5, 0.6) is 0 Å². The average Bonchev–Trinajstić information content (AvgIpc) is 3.03. The van der Waals surface area contributed by atoms with Crippen molar-refractivity contribution >= 4 is 16.8 Å². The summed E-state index contributed by atoms with van der Waals surface area (Å²) < 4.78 is 1.65. The lowest BCUT2D eigenvalue weighted by atomic mass is 10.3. The van der Waals surface area contributed by atoms with Crippen LogP contribution in [0, 0.1) is 6.92 Å². The second-order valence-corrected chi connectivity index (χ2v) is 5.13. The average molecular weight is 283 g/mol. The Morgan fingerprint density at radius 3 is 2.95 bits per heavy atom. The topological polar surface area (TPSA) is 75.6 Å². The van der Waals surface area contributed by atoms with Crippen molar-refractivity contribution in [1.82, 2.24) is 25.1 Å². The van der Waals surface area contributed by atoms with Gasteiger partial charge in [0.2, 0.25) is 5.91 Å². The number of aromatic amines is 1. The molecule has 0 bridgehead atoms. The minimum absolute atomic E-state index is 0.0932. The molecule has 6 nitrogen and oxygen atoms in total. The number of carbonyl (C=O) groups excluding carboxylic acids is 1. The van der Waals surface area contributed by atoms with Crippen molar-refractivity contribution in [3.8, 4) is 0 Å². The van der Waals surface area contributed by atoms with Gasteiger partial charge in [-0.05, 0) is 19.9 Å². The normalized spacial score (nSPS) is 12.5. The van der Waals surface area contributed by atoms with Crippen molar-refractivity contribution in [3.05, 3.63) is 48.2 Å². The first-order chi connectivity index (χ1) is 10.1. The number of nitrogens with zero attached hydrogens (tertiary/aromatic N) is 3. The third-order valence-electron chi connectivity index (χ3n) is 3.28. The Labute approximate surface area is 122 Å². The van der Waals surface area contributed by atoms with Crippen LogP contribution < -0.4 is 5.32 Å². The van der Waals surface area contributed by atoms with E-state index in [-0.39, 0.29) is 18.5 Å². The summed E-state index contributed by atoms with van der Waals surface area (Å²) >= 11 is 0. The van der Waals surface area contributed by atoms with Crippen molar-refractivity contribution in [2.45, 2.75) is 26.4 Å². The summed E-state index contributed by atoms with van der Waals surface area (Å²) in [5.74, 6) is 0.663. The zero-order valence-corrected chi connectivity index (χ0v) is 12.0. The molecule has 0 fully saturated rings. The lowest BCUT2D eigenvalue weighted by molar-refractivity contribution is -0.122. The molecule has 2 heterocycles. The summed E-state index contributed by atoms with van der Waals surface area (Å²) in [5.41, 5.74) is 1.87. The van der Waals surface area contributed by atoms with Gasteiger partial charge in [0.25, 0.3) is 0 Å². The SMILES string of the molecule is Cc1cnc(C(C)NC(=O)Cn2cc3ccccc3n2)[nH]1. The number of benzene rings is 1. The lowest BCUT2D eigenvalue weighted by Crippen LogP contribution is -2.30. The fourth-order valence-corrected chi connectivity index (χ4v) is 2.25. The highest BCUT2D eigenvalue weighted by atomic mass is 16.2. The Bertz CT molecular complexity index is 740. The highest BCUT2D eigenvalue weighted by Crippen LogP contribution is 2.11. The summed E-state index contributed by atoms with van der Waals surface area (Å²) in [6.07, 6.45) is 3.62. The van der Waals surface area contributed by atoms with Crippen LogP contribution in [0.1, 0.15) is 24.5 Å². The predicted molar refractivity (Wildman–Crippen MR) is 79.6 cm³/mol. The minimum atomic E-state index is -0.156. The summed E-state index contributed by atoms with van der Waals surface area (Å²) in [4.78, 5) is 19.4. The number of hydrogen-bond donors (Lipinski definition) is 2. The fraction of sp³-hybridized carbons (Fsp3) is 0.267. The Kier molecular flexibility index (Phi) is 3.43. The van der Waals surface area contributed by atoms with E-state index in [1.165, 1.54) is 0 Å². The van der Waals surface area contributed by atoms with Crippen LogP contribution in [0.2, 0.25) is 0 Å². The van der Waals surface area contributed by atoms with E-state index in [1.54, 1.807) is 10.9 Å². The standard InChI is InChI=1S/C15H17N5O/c1-10-7-16-15(17-10)11(2)18-14(21)9-20-8-12-5-3-4-6-13(12)19-20/h3-8,11H,9H2,1-2H3,(H,16,17)(H,18,21). The monoisotopic (exact) mass is 283 g/mol. The molecule has 0 radical (unpaired) electrons. The highest BCUT2D eigenvalue weighted by Gasteiger charge is 2.13. The van der Waals surface area contributed by atoms with E-state index < -0.39 is 0 Å². The Hall–Kier alpha value is -2.63. The molecule has 0 aliphatic rings. The van der Waals surface area contributed by atoms with Crippen LogP contribution in [0.4, 0.5) is 0 Å².